The van der Waals surface area contributed by atoms with E-state index in [1.165, 1.54) is 0 Å². The fraction of sp³-hybridized carbons (Fsp3) is 0.583. The Morgan fingerprint density at radius 2 is 2.05 bits per heavy atom. The number of alkyl halides is 3. The third kappa shape index (κ3) is 5.10. The van der Waals surface area contributed by atoms with Gasteiger partial charge in [-0.25, -0.2) is 4.98 Å². The molecule has 1 aromatic heterocycles. The average molecular weight is 313 g/mol. The Morgan fingerprint density at radius 1 is 1.37 bits per heavy atom. The molecule has 0 aliphatic carbocycles. The van der Waals surface area contributed by atoms with E-state index < -0.39 is 11.7 Å². The lowest BCUT2D eigenvalue weighted by Gasteiger charge is -2.19. The van der Waals surface area contributed by atoms with Gasteiger partial charge in [-0.05, 0) is 30.9 Å². The van der Waals surface area contributed by atoms with Crippen LogP contribution in [0.15, 0.2) is 12.3 Å². The van der Waals surface area contributed by atoms with E-state index in [4.69, 9.17) is 11.6 Å². The summed E-state index contributed by atoms with van der Waals surface area (Å²) in [5.41, 5.74) is -0.838. The summed E-state index contributed by atoms with van der Waals surface area (Å²) in [5.74, 6) is 1.34. The molecule has 0 N–H and O–H groups in total. The van der Waals surface area contributed by atoms with Gasteiger partial charge in [0.2, 0.25) is 0 Å². The van der Waals surface area contributed by atoms with Crippen molar-refractivity contribution in [3.8, 4) is 0 Å². The van der Waals surface area contributed by atoms with Crippen LogP contribution in [0.4, 0.5) is 19.0 Å². The molecule has 7 heteroatoms. The standard InChI is InChI=1S/C12H16ClF3N2S/c1-18(5-3-4-6-19-2)11-7-9(12(14,15)16)10(13)8-17-11/h7-8H,3-6H2,1-2H3. The first-order valence-corrected chi connectivity index (χ1v) is 7.56. The van der Waals surface area contributed by atoms with E-state index in [9.17, 15) is 13.2 Å². The molecule has 0 atom stereocenters. The molecule has 0 fully saturated rings. The number of rotatable bonds is 6. The van der Waals surface area contributed by atoms with Crippen molar-refractivity contribution in [3.05, 3.63) is 22.8 Å². The lowest BCUT2D eigenvalue weighted by atomic mass is 10.2. The smallest absolute Gasteiger partial charge is 0.360 e. The lowest BCUT2D eigenvalue weighted by molar-refractivity contribution is -0.137. The maximum Gasteiger partial charge on any atom is 0.418 e. The second-order valence-corrected chi connectivity index (χ2v) is 5.53. The van der Waals surface area contributed by atoms with Crippen molar-refractivity contribution in [3.63, 3.8) is 0 Å². The molecule has 0 aromatic carbocycles. The Morgan fingerprint density at radius 3 is 2.63 bits per heavy atom. The SMILES string of the molecule is CSCCCCN(C)c1cc(C(F)(F)F)c(Cl)cn1. The summed E-state index contributed by atoms with van der Waals surface area (Å²) >= 11 is 7.28. The Kier molecular flexibility index (Phi) is 6.26. The summed E-state index contributed by atoms with van der Waals surface area (Å²) in [6.07, 6.45) is 0.584. The predicted octanol–water partition coefficient (Wildman–Crippen LogP) is 4.33. The highest BCUT2D eigenvalue weighted by atomic mass is 35.5. The molecule has 0 spiro atoms. The normalized spacial score (nSPS) is 11.7. The number of anilines is 1. The molecule has 0 radical (unpaired) electrons. The van der Waals surface area contributed by atoms with E-state index in [0.717, 1.165) is 30.9 Å². The van der Waals surface area contributed by atoms with Crippen LogP contribution in [0.25, 0.3) is 0 Å². The average Bonchev–Trinajstić information content (AvgIpc) is 2.33. The van der Waals surface area contributed by atoms with Crippen LogP contribution in [0.5, 0.6) is 0 Å². The molecule has 1 heterocycles. The molecule has 0 aliphatic heterocycles. The van der Waals surface area contributed by atoms with Gasteiger partial charge in [-0.15, -0.1) is 0 Å². The van der Waals surface area contributed by atoms with E-state index in [2.05, 4.69) is 4.98 Å². The summed E-state index contributed by atoms with van der Waals surface area (Å²) in [5, 5.41) is -0.368. The van der Waals surface area contributed by atoms with E-state index in [-0.39, 0.29) is 5.02 Å². The first-order valence-electron chi connectivity index (χ1n) is 5.79. The number of pyridine rings is 1. The maximum absolute atomic E-state index is 12.7. The van der Waals surface area contributed by atoms with Gasteiger partial charge < -0.3 is 4.90 Å². The second-order valence-electron chi connectivity index (χ2n) is 4.14. The molecule has 1 aromatic rings. The summed E-state index contributed by atoms with van der Waals surface area (Å²) in [4.78, 5) is 5.65. The van der Waals surface area contributed by atoms with Crippen LogP contribution in [-0.2, 0) is 6.18 Å². The molecule has 108 valence electrons. The molecule has 1 rings (SSSR count). The Labute approximate surface area is 120 Å². The Balaban J connectivity index is 2.73. The number of hydrogen-bond donors (Lipinski definition) is 0. The number of hydrogen-bond acceptors (Lipinski definition) is 3. The van der Waals surface area contributed by atoms with Gasteiger partial charge in [0.1, 0.15) is 5.82 Å². The molecule has 0 saturated heterocycles. The molecule has 0 aliphatic rings. The highest BCUT2D eigenvalue weighted by Gasteiger charge is 2.34. The monoisotopic (exact) mass is 312 g/mol. The summed E-state index contributed by atoms with van der Waals surface area (Å²) in [6.45, 7) is 0.673. The van der Waals surface area contributed by atoms with Crippen LogP contribution in [-0.4, -0.2) is 30.6 Å². The van der Waals surface area contributed by atoms with Crippen LogP contribution >= 0.6 is 23.4 Å². The highest BCUT2D eigenvalue weighted by molar-refractivity contribution is 7.98. The molecule has 0 bridgehead atoms. The zero-order valence-corrected chi connectivity index (χ0v) is 12.4. The summed E-state index contributed by atoms with van der Waals surface area (Å²) in [6, 6.07) is 0.997. The Hall–Kier alpha value is -0.620. The van der Waals surface area contributed by atoms with Crippen molar-refractivity contribution in [1.29, 1.82) is 0 Å². The van der Waals surface area contributed by atoms with Crippen molar-refractivity contribution < 1.29 is 13.2 Å². The van der Waals surface area contributed by atoms with Gasteiger partial charge in [-0.1, -0.05) is 11.6 Å². The van der Waals surface area contributed by atoms with Crippen LogP contribution in [0.2, 0.25) is 5.02 Å². The fourth-order valence-corrected chi connectivity index (χ4v) is 2.27. The van der Waals surface area contributed by atoms with Crippen molar-refractivity contribution in [2.75, 3.05) is 30.5 Å². The van der Waals surface area contributed by atoms with Crippen LogP contribution in [0.3, 0.4) is 0 Å². The van der Waals surface area contributed by atoms with Gasteiger partial charge >= 0.3 is 6.18 Å². The number of aromatic nitrogens is 1. The number of thioether (sulfide) groups is 1. The third-order valence-corrected chi connectivity index (χ3v) is 3.63. The van der Waals surface area contributed by atoms with Crippen LogP contribution in [0, 0.1) is 0 Å². The van der Waals surface area contributed by atoms with Crippen molar-refractivity contribution in [2.45, 2.75) is 19.0 Å². The van der Waals surface area contributed by atoms with Gasteiger partial charge in [0, 0.05) is 19.8 Å². The third-order valence-electron chi connectivity index (χ3n) is 2.63. The quantitative estimate of drug-likeness (QED) is 0.727. The molecule has 2 nitrogen and oxygen atoms in total. The molecular formula is C12H16ClF3N2S. The Bertz CT molecular complexity index is 412. The minimum absolute atomic E-state index is 0.292. The minimum Gasteiger partial charge on any atom is -0.360 e. The molecule has 0 amide bonds. The topological polar surface area (TPSA) is 16.1 Å². The number of halogens is 4. The van der Waals surface area contributed by atoms with Gasteiger partial charge in [0.15, 0.2) is 0 Å². The van der Waals surface area contributed by atoms with Crippen molar-refractivity contribution in [1.82, 2.24) is 4.98 Å². The molecule has 19 heavy (non-hydrogen) atoms. The van der Waals surface area contributed by atoms with Crippen molar-refractivity contribution in [2.24, 2.45) is 0 Å². The second kappa shape index (κ2) is 7.24. The lowest BCUT2D eigenvalue weighted by Crippen LogP contribution is -2.20. The summed E-state index contributed by atoms with van der Waals surface area (Å²) < 4.78 is 38.1. The predicted molar refractivity (Wildman–Crippen MR) is 75.1 cm³/mol. The van der Waals surface area contributed by atoms with E-state index in [0.29, 0.717) is 12.4 Å². The van der Waals surface area contributed by atoms with E-state index in [1.54, 1.807) is 23.7 Å². The largest absolute Gasteiger partial charge is 0.418 e. The zero-order chi connectivity index (χ0) is 14.5. The molecular weight excluding hydrogens is 297 g/mol. The van der Waals surface area contributed by atoms with Crippen molar-refractivity contribution >= 4 is 29.2 Å². The first-order chi connectivity index (χ1) is 8.86. The van der Waals surface area contributed by atoms with E-state index >= 15 is 0 Å². The maximum atomic E-state index is 12.7. The zero-order valence-electron chi connectivity index (χ0n) is 10.8. The first kappa shape index (κ1) is 16.4. The number of unbranched alkanes of at least 4 members (excludes halogenated alkanes) is 1. The van der Waals surface area contributed by atoms with Gasteiger partial charge in [-0.2, -0.15) is 24.9 Å². The van der Waals surface area contributed by atoms with Crippen LogP contribution < -0.4 is 4.90 Å². The van der Waals surface area contributed by atoms with Crippen LogP contribution in [0.1, 0.15) is 18.4 Å². The fourth-order valence-electron chi connectivity index (χ4n) is 1.56. The van der Waals surface area contributed by atoms with Gasteiger partial charge in [0.25, 0.3) is 0 Å². The number of nitrogens with zero attached hydrogens (tertiary/aromatic N) is 2. The highest BCUT2D eigenvalue weighted by Crippen LogP contribution is 2.35. The molecule has 0 saturated carbocycles. The van der Waals surface area contributed by atoms with E-state index in [1.807, 2.05) is 6.26 Å². The minimum atomic E-state index is -4.45. The summed E-state index contributed by atoms with van der Waals surface area (Å²) in [7, 11) is 1.73. The van der Waals surface area contributed by atoms with Gasteiger partial charge in [-0.3, -0.25) is 0 Å². The molecule has 0 unspecified atom stereocenters. The van der Waals surface area contributed by atoms with Gasteiger partial charge in [0.05, 0.1) is 10.6 Å².